The minimum Gasteiger partial charge on any atom is -0.340 e. The molecular weight excluding hydrogens is 306 g/mol. The molecule has 1 fully saturated rings. The van der Waals surface area contributed by atoms with Crippen LogP contribution in [-0.4, -0.2) is 66.2 Å². The molecule has 1 unspecified atom stereocenters. The van der Waals surface area contributed by atoms with Gasteiger partial charge in [0.1, 0.15) is 24.5 Å². The van der Waals surface area contributed by atoms with Crippen molar-refractivity contribution in [1.29, 1.82) is 0 Å². The largest absolute Gasteiger partial charge is 0.340 e. The summed E-state index contributed by atoms with van der Waals surface area (Å²) in [4.78, 5) is 25.4. The zero-order valence-electron chi connectivity index (χ0n) is 14.4. The van der Waals surface area contributed by atoms with Crippen LogP contribution in [0.15, 0.2) is 25.0 Å². The van der Waals surface area contributed by atoms with Crippen LogP contribution in [0.5, 0.6) is 0 Å². The summed E-state index contributed by atoms with van der Waals surface area (Å²) < 4.78 is 3.78. The molecule has 3 rings (SSSR count). The first-order chi connectivity index (χ1) is 11.7. The van der Waals surface area contributed by atoms with Gasteiger partial charge in [-0.25, -0.2) is 14.6 Å². The lowest BCUT2D eigenvalue weighted by Gasteiger charge is -2.24. The average Bonchev–Trinajstić information content (AvgIpc) is 3.22. The molecule has 1 saturated heterocycles. The summed E-state index contributed by atoms with van der Waals surface area (Å²) >= 11 is 0. The summed E-state index contributed by atoms with van der Waals surface area (Å²) in [5, 5.41) is 4.08. The molecule has 0 saturated carbocycles. The van der Waals surface area contributed by atoms with E-state index in [0.29, 0.717) is 0 Å². The maximum absolute atomic E-state index is 12.7. The Balaban J connectivity index is 1.58. The van der Waals surface area contributed by atoms with E-state index < -0.39 is 0 Å². The van der Waals surface area contributed by atoms with Crippen molar-refractivity contribution >= 4 is 5.91 Å². The van der Waals surface area contributed by atoms with Gasteiger partial charge in [0.2, 0.25) is 5.91 Å². The molecule has 2 aromatic heterocycles. The first kappa shape index (κ1) is 16.6. The highest BCUT2D eigenvalue weighted by Crippen LogP contribution is 2.13. The molecule has 1 amide bonds. The molecule has 8 nitrogen and oxygen atoms in total. The van der Waals surface area contributed by atoms with Crippen molar-refractivity contribution in [2.75, 3.05) is 26.2 Å². The fourth-order valence-electron chi connectivity index (χ4n) is 3.12. The maximum atomic E-state index is 12.7. The van der Waals surface area contributed by atoms with Gasteiger partial charge >= 0.3 is 0 Å². The van der Waals surface area contributed by atoms with Crippen molar-refractivity contribution in [3.63, 3.8) is 0 Å². The van der Waals surface area contributed by atoms with Crippen molar-refractivity contribution in [3.05, 3.63) is 30.9 Å². The van der Waals surface area contributed by atoms with Crippen molar-refractivity contribution in [2.24, 2.45) is 0 Å². The molecule has 1 aliphatic heterocycles. The van der Waals surface area contributed by atoms with Crippen molar-refractivity contribution < 1.29 is 4.79 Å². The maximum Gasteiger partial charge on any atom is 0.247 e. The van der Waals surface area contributed by atoms with Gasteiger partial charge in [-0.15, -0.1) is 0 Å². The number of aryl methyl sites for hydroxylation is 1. The third-order valence-corrected chi connectivity index (χ3v) is 4.60. The molecular formula is C16H25N7O. The fourth-order valence-corrected chi connectivity index (χ4v) is 3.12. The Bertz CT molecular complexity index is 651. The second-order valence-corrected chi connectivity index (χ2v) is 6.14. The SMILES string of the molecule is CCn1ccnc1CN1CCCN(C(=O)C(C)n2cncn2)CC1. The van der Waals surface area contributed by atoms with Crippen molar-refractivity contribution in [1.82, 2.24) is 34.1 Å². The number of aromatic nitrogens is 5. The summed E-state index contributed by atoms with van der Waals surface area (Å²) in [7, 11) is 0. The van der Waals surface area contributed by atoms with Gasteiger partial charge in [-0.1, -0.05) is 0 Å². The monoisotopic (exact) mass is 331 g/mol. The Morgan fingerprint density at radius 1 is 1.29 bits per heavy atom. The lowest BCUT2D eigenvalue weighted by molar-refractivity contribution is -0.134. The predicted octanol–water partition coefficient (Wildman–Crippen LogP) is 0.790. The molecule has 0 radical (unpaired) electrons. The van der Waals surface area contributed by atoms with Crippen LogP contribution in [-0.2, 0) is 17.9 Å². The van der Waals surface area contributed by atoms with E-state index in [-0.39, 0.29) is 11.9 Å². The number of imidazole rings is 1. The van der Waals surface area contributed by atoms with E-state index in [1.165, 1.54) is 6.33 Å². The molecule has 8 heteroatoms. The quantitative estimate of drug-likeness (QED) is 0.810. The van der Waals surface area contributed by atoms with E-state index in [9.17, 15) is 4.79 Å². The standard InChI is InChI=1S/C16H25N7O/c1-3-21-8-5-18-15(21)11-20-6-4-7-22(10-9-20)16(24)14(2)23-13-17-12-19-23/h5,8,12-14H,3-4,6-7,9-11H2,1-2H3. The van der Waals surface area contributed by atoms with E-state index in [1.54, 1.807) is 11.0 Å². The van der Waals surface area contributed by atoms with Crippen LogP contribution in [0.4, 0.5) is 0 Å². The van der Waals surface area contributed by atoms with E-state index >= 15 is 0 Å². The molecule has 0 bridgehead atoms. The van der Waals surface area contributed by atoms with Gasteiger partial charge in [-0.3, -0.25) is 9.69 Å². The van der Waals surface area contributed by atoms with Crippen LogP contribution in [0.2, 0.25) is 0 Å². The summed E-state index contributed by atoms with van der Waals surface area (Å²) in [6.07, 6.45) is 7.90. The van der Waals surface area contributed by atoms with Gasteiger partial charge in [0.05, 0.1) is 6.54 Å². The molecule has 0 aromatic carbocycles. The van der Waals surface area contributed by atoms with Gasteiger partial charge in [0.25, 0.3) is 0 Å². The molecule has 3 heterocycles. The fraction of sp³-hybridized carbons (Fsp3) is 0.625. The number of hydrogen-bond donors (Lipinski definition) is 0. The zero-order valence-corrected chi connectivity index (χ0v) is 14.4. The smallest absolute Gasteiger partial charge is 0.247 e. The molecule has 0 aliphatic carbocycles. The first-order valence-electron chi connectivity index (χ1n) is 8.54. The Hall–Kier alpha value is -2.22. The highest BCUT2D eigenvalue weighted by Gasteiger charge is 2.25. The zero-order chi connectivity index (χ0) is 16.9. The van der Waals surface area contributed by atoms with Gasteiger partial charge < -0.3 is 9.47 Å². The number of carbonyl (C=O) groups excluding carboxylic acids is 1. The Morgan fingerprint density at radius 3 is 2.92 bits per heavy atom. The van der Waals surface area contributed by atoms with E-state index in [1.807, 2.05) is 24.2 Å². The lowest BCUT2D eigenvalue weighted by Crippen LogP contribution is -2.39. The van der Waals surface area contributed by atoms with Crippen LogP contribution in [0, 0.1) is 0 Å². The molecule has 2 aromatic rings. The molecule has 0 spiro atoms. The number of nitrogens with zero attached hydrogens (tertiary/aromatic N) is 7. The molecule has 24 heavy (non-hydrogen) atoms. The normalized spacial score (nSPS) is 17.7. The van der Waals surface area contributed by atoms with Crippen molar-refractivity contribution in [2.45, 2.75) is 39.4 Å². The molecule has 1 atom stereocenters. The second kappa shape index (κ2) is 7.57. The number of carbonyl (C=O) groups is 1. The number of rotatable bonds is 5. The van der Waals surface area contributed by atoms with Crippen LogP contribution in [0.25, 0.3) is 0 Å². The number of hydrogen-bond acceptors (Lipinski definition) is 5. The summed E-state index contributed by atoms with van der Waals surface area (Å²) in [5.74, 6) is 1.20. The van der Waals surface area contributed by atoms with Gasteiger partial charge in [-0.05, 0) is 20.3 Å². The van der Waals surface area contributed by atoms with Crippen molar-refractivity contribution in [3.8, 4) is 0 Å². The van der Waals surface area contributed by atoms with E-state index in [2.05, 4.69) is 31.5 Å². The summed E-state index contributed by atoms with van der Waals surface area (Å²) in [5.41, 5.74) is 0. The van der Waals surface area contributed by atoms with Crippen LogP contribution in [0.3, 0.4) is 0 Å². The molecule has 1 aliphatic rings. The van der Waals surface area contributed by atoms with E-state index in [0.717, 1.165) is 51.5 Å². The summed E-state index contributed by atoms with van der Waals surface area (Å²) in [6.45, 7) is 9.15. The highest BCUT2D eigenvalue weighted by molar-refractivity contribution is 5.80. The Labute approximate surface area is 142 Å². The molecule has 0 N–H and O–H groups in total. The van der Waals surface area contributed by atoms with Crippen LogP contribution < -0.4 is 0 Å². The summed E-state index contributed by atoms with van der Waals surface area (Å²) in [6, 6.07) is -0.307. The van der Waals surface area contributed by atoms with Crippen LogP contribution >= 0.6 is 0 Å². The highest BCUT2D eigenvalue weighted by atomic mass is 16.2. The number of amides is 1. The lowest BCUT2D eigenvalue weighted by atomic mass is 10.2. The Morgan fingerprint density at radius 2 is 2.17 bits per heavy atom. The first-order valence-corrected chi connectivity index (χ1v) is 8.54. The van der Waals surface area contributed by atoms with Gasteiger partial charge in [0.15, 0.2) is 0 Å². The minimum absolute atomic E-state index is 0.109. The van der Waals surface area contributed by atoms with Gasteiger partial charge in [-0.2, -0.15) is 5.10 Å². The van der Waals surface area contributed by atoms with E-state index in [4.69, 9.17) is 0 Å². The molecule has 130 valence electrons. The van der Waals surface area contributed by atoms with Gasteiger partial charge in [0, 0.05) is 45.1 Å². The average molecular weight is 331 g/mol. The third-order valence-electron chi connectivity index (χ3n) is 4.60. The topological polar surface area (TPSA) is 72.1 Å². The van der Waals surface area contributed by atoms with Crippen LogP contribution in [0.1, 0.15) is 32.1 Å². The minimum atomic E-state index is -0.307. The third kappa shape index (κ3) is 3.64. The Kier molecular flexibility index (Phi) is 5.24. The second-order valence-electron chi connectivity index (χ2n) is 6.14. The predicted molar refractivity (Wildman–Crippen MR) is 89.1 cm³/mol.